The van der Waals surface area contributed by atoms with Gasteiger partial charge in [0.25, 0.3) is 0 Å². The third kappa shape index (κ3) is 2.45. The summed E-state index contributed by atoms with van der Waals surface area (Å²) in [4.78, 5) is 2.09. The van der Waals surface area contributed by atoms with E-state index in [-0.39, 0.29) is 0 Å². The number of hydrogen-bond acceptors (Lipinski definition) is 4. The second-order valence-corrected chi connectivity index (χ2v) is 4.29. The smallest absolute Gasteiger partial charge is 0.121 e. The van der Waals surface area contributed by atoms with Gasteiger partial charge in [0.1, 0.15) is 5.84 Å². The van der Waals surface area contributed by atoms with Gasteiger partial charge in [0.15, 0.2) is 0 Å². The molecule has 0 unspecified atom stereocenters. The maximum absolute atomic E-state index is 5.64. The van der Waals surface area contributed by atoms with Crippen molar-refractivity contribution < 1.29 is 0 Å². The van der Waals surface area contributed by atoms with Gasteiger partial charge in [-0.3, -0.25) is 5.01 Å². The zero-order chi connectivity index (χ0) is 11.5. The summed E-state index contributed by atoms with van der Waals surface area (Å²) in [6.07, 6.45) is 0.885. The average Bonchev–Trinajstić information content (AvgIpc) is 2.65. The fourth-order valence-corrected chi connectivity index (χ4v) is 1.75. The van der Waals surface area contributed by atoms with E-state index in [0.717, 1.165) is 25.3 Å². The van der Waals surface area contributed by atoms with Crippen LogP contribution in [0.3, 0.4) is 0 Å². The van der Waals surface area contributed by atoms with Crippen molar-refractivity contribution in [3.05, 3.63) is 29.8 Å². The van der Waals surface area contributed by atoms with Crippen molar-refractivity contribution in [2.24, 2.45) is 10.8 Å². The Hall–Kier alpha value is -1.71. The van der Waals surface area contributed by atoms with Gasteiger partial charge in [-0.15, -0.1) is 0 Å². The molecule has 16 heavy (non-hydrogen) atoms. The largest absolute Gasteiger partial charge is 0.386 e. The number of hydrazone groups is 1. The molecule has 86 valence electrons. The lowest BCUT2D eigenvalue weighted by atomic mass is 10.2. The highest BCUT2D eigenvalue weighted by Crippen LogP contribution is 2.15. The van der Waals surface area contributed by atoms with E-state index in [2.05, 4.69) is 34.3 Å². The van der Waals surface area contributed by atoms with Crippen LogP contribution in [0.5, 0.6) is 0 Å². The Morgan fingerprint density at radius 2 is 2.00 bits per heavy atom. The molecule has 0 radical (unpaired) electrons. The molecule has 2 N–H and O–H groups in total. The van der Waals surface area contributed by atoms with E-state index in [9.17, 15) is 0 Å². The standard InChI is InChI=1S/C12H18N4/c1-15(2)11-5-3-10(4-6-11)9-16-8-7-12(13)14-16/h3-6H,7-9H2,1-2H3,(H2,13,14). The molecule has 0 amide bonds. The predicted octanol–water partition coefficient (Wildman–Crippen LogP) is 1.23. The number of benzene rings is 1. The molecular formula is C12H18N4. The first kappa shape index (κ1) is 10.8. The third-order valence-corrected chi connectivity index (χ3v) is 2.71. The van der Waals surface area contributed by atoms with Crippen molar-refractivity contribution in [1.82, 2.24) is 5.01 Å². The molecule has 0 saturated carbocycles. The molecule has 0 bridgehead atoms. The van der Waals surface area contributed by atoms with Gasteiger partial charge in [-0.05, 0) is 17.7 Å². The maximum Gasteiger partial charge on any atom is 0.121 e. The van der Waals surface area contributed by atoms with Crippen molar-refractivity contribution in [2.75, 3.05) is 25.5 Å². The van der Waals surface area contributed by atoms with Crippen LogP contribution in [-0.4, -0.2) is 31.5 Å². The summed E-state index contributed by atoms with van der Waals surface area (Å²) in [7, 11) is 4.08. The van der Waals surface area contributed by atoms with Crippen LogP contribution in [0.2, 0.25) is 0 Å². The van der Waals surface area contributed by atoms with E-state index in [1.807, 2.05) is 19.1 Å². The van der Waals surface area contributed by atoms with Crippen LogP contribution >= 0.6 is 0 Å². The van der Waals surface area contributed by atoms with E-state index in [0.29, 0.717) is 0 Å². The normalized spacial score (nSPS) is 15.1. The first-order chi connectivity index (χ1) is 7.65. The van der Waals surface area contributed by atoms with Gasteiger partial charge in [-0.2, -0.15) is 5.10 Å². The number of rotatable bonds is 3. The third-order valence-electron chi connectivity index (χ3n) is 2.71. The summed E-state index contributed by atoms with van der Waals surface area (Å²) in [5, 5.41) is 6.27. The SMILES string of the molecule is CN(C)c1ccc(CN2CCC(N)=N2)cc1. The lowest BCUT2D eigenvalue weighted by Crippen LogP contribution is -2.13. The quantitative estimate of drug-likeness (QED) is 0.830. The summed E-state index contributed by atoms with van der Waals surface area (Å²) < 4.78 is 0. The van der Waals surface area contributed by atoms with Crippen molar-refractivity contribution in [2.45, 2.75) is 13.0 Å². The van der Waals surface area contributed by atoms with Crippen LogP contribution in [0.4, 0.5) is 5.69 Å². The molecule has 0 aromatic heterocycles. The molecule has 2 rings (SSSR count). The average molecular weight is 218 g/mol. The van der Waals surface area contributed by atoms with Gasteiger partial charge in [-0.25, -0.2) is 0 Å². The Kier molecular flexibility index (Phi) is 2.99. The Morgan fingerprint density at radius 1 is 1.31 bits per heavy atom. The van der Waals surface area contributed by atoms with E-state index in [1.165, 1.54) is 11.3 Å². The first-order valence-electron chi connectivity index (χ1n) is 5.49. The van der Waals surface area contributed by atoms with Gasteiger partial charge in [0.05, 0.1) is 6.54 Å². The molecule has 1 heterocycles. The molecular weight excluding hydrogens is 200 g/mol. The summed E-state index contributed by atoms with van der Waals surface area (Å²) in [5.74, 6) is 0.741. The zero-order valence-electron chi connectivity index (χ0n) is 9.85. The molecule has 0 saturated heterocycles. The second-order valence-electron chi connectivity index (χ2n) is 4.29. The predicted molar refractivity (Wildman–Crippen MR) is 67.4 cm³/mol. The second kappa shape index (κ2) is 4.43. The fourth-order valence-electron chi connectivity index (χ4n) is 1.75. The van der Waals surface area contributed by atoms with Crippen LogP contribution in [0.1, 0.15) is 12.0 Å². The van der Waals surface area contributed by atoms with Crippen LogP contribution in [-0.2, 0) is 6.54 Å². The summed E-state index contributed by atoms with van der Waals surface area (Å²) in [6.45, 7) is 1.77. The van der Waals surface area contributed by atoms with E-state index in [4.69, 9.17) is 5.73 Å². The molecule has 4 nitrogen and oxygen atoms in total. The molecule has 0 atom stereocenters. The van der Waals surface area contributed by atoms with Crippen LogP contribution < -0.4 is 10.6 Å². The van der Waals surface area contributed by atoms with Gasteiger partial charge >= 0.3 is 0 Å². The zero-order valence-corrected chi connectivity index (χ0v) is 9.85. The Morgan fingerprint density at radius 3 is 2.50 bits per heavy atom. The van der Waals surface area contributed by atoms with Gasteiger partial charge in [0.2, 0.25) is 0 Å². The van der Waals surface area contributed by atoms with Crippen LogP contribution in [0, 0.1) is 0 Å². The monoisotopic (exact) mass is 218 g/mol. The van der Waals surface area contributed by atoms with Crippen molar-refractivity contribution in [1.29, 1.82) is 0 Å². The Labute approximate surface area is 96.3 Å². The molecule has 4 heteroatoms. The van der Waals surface area contributed by atoms with Crippen molar-refractivity contribution in [3.63, 3.8) is 0 Å². The number of nitrogens with two attached hydrogens (primary N) is 1. The molecule has 1 aliphatic rings. The molecule has 0 fully saturated rings. The van der Waals surface area contributed by atoms with Crippen molar-refractivity contribution >= 4 is 11.5 Å². The van der Waals surface area contributed by atoms with Crippen LogP contribution in [0.25, 0.3) is 0 Å². The minimum absolute atomic E-state index is 0.741. The Balaban J connectivity index is 2.00. The minimum Gasteiger partial charge on any atom is -0.386 e. The highest BCUT2D eigenvalue weighted by molar-refractivity contribution is 5.81. The molecule has 1 aliphatic heterocycles. The van der Waals surface area contributed by atoms with E-state index < -0.39 is 0 Å². The van der Waals surface area contributed by atoms with Crippen molar-refractivity contribution in [3.8, 4) is 0 Å². The lowest BCUT2D eigenvalue weighted by molar-refractivity contribution is 0.310. The van der Waals surface area contributed by atoms with Gasteiger partial charge < -0.3 is 10.6 Å². The Bertz CT molecular complexity index is 381. The van der Waals surface area contributed by atoms with Gasteiger partial charge in [0, 0.05) is 32.7 Å². The van der Waals surface area contributed by atoms with E-state index in [1.54, 1.807) is 0 Å². The first-order valence-corrected chi connectivity index (χ1v) is 5.49. The molecule has 1 aromatic rings. The summed E-state index contributed by atoms with van der Waals surface area (Å²) in [5.41, 5.74) is 8.13. The highest BCUT2D eigenvalue weighted by Gasteiger charge is 2.11. The molecule has 0 spiro atoms. The van der Waals surface area contributed by atoms with Gasteiger partial charge in [-0.1, -0.05) is 12.1 Å². The van der Waals surface area contributed by atoms with Crippen LogP contribution in [0.15, 0.2) is 29.4 Å². The molecule has 1 aromatic carbocycles. The highest BCUT2D eigenvalue weighted by atomic mass is 15.5. The summed E-state index contributed by atoms with van der Waals surface area (Å²) >= 11 is 0. The number of nitrogens with zero attached hydrogens (tertiary/aromatic N) is 3. The topological polar surface area (TPSA) is 44.9 Å². The number of amidine groups is 1. The van der Waals surface area contributed by atoms with E-state index >= 15 is 0 Å². The number of hydrogen-bond donors (Lipinski definition) is 1. The minimum atomic E-state index is 0.741. The lowest BCUT2D eigenvalue weighted by Gasteiger charge is -2.15. The maximum atomic E-state index is 5.64. The fraction of sp³-hybridized carbons (Fsp3) is 0.417. The number of anilines is 1. The summed E-state index contributed by atoms with van der Waals surface area (Å²) in [6, 6.07) is 8.52. The molecule has 0 aliphatic carbocycles.